The zero-order valence-electron chi connectivity index (χ0n) is 9.54. The van der Waals surface area contributed by atoms with Crippen molar-refractivity contribution >= 4 is 11.9 Å². The van der Waals surface area contributed by atoms with Gasteiger partial charge in [0.15, 0.2) is 5.41 Å². The highest BCUT2D eigenvalue weighted by atomic mass is 16.5. The minimum atomic E-state index is -1.07. The van der Waals surface area contributed by atoms with Gasteiger partial charge in [-0.2, -0.15) is 0 Å². The zero-order valence-corrected chi connectivity index (χ0v) is 9.54. The van der Waals surface area contributed by atoms with Gasteiger partial charge in [-0.15, -0.1) is 0 Å². The van der Waals surface area contributed by atoms with Crippen LogP contribution in [0, 0.1) is 11.3 Å². The molecule has 0 aromatic heterocycles. The van der Waals surface area contributed by atoms with E-state index in [0.717, 1.165) is 19.3 Å². The molecule has 0 aliphatic heterocycles. The highest BCUT2D eigenvalue weighted by Gasteiger charge is 2.53. The van der Waals surface area contributed by atoms with Gasteiger partial charge in [0, 0.05) is 0 Å². The minimum Gasteiger partial charge on any atom is -0.468 e. The molecule has 4 heteroatoms. The molecule has 1 saturated carbocycles. The van der Waals surface area contributed by atoms with Crippen LogP contribution >= 0.6 is 0 Å². The third kappa shape index (κ3) is 1.85. The second kappa shape index (κ2) is 4.64. The summed E-state index contributed by atoms with van der Waals surface area (Å²) in [7, 11) is 2.63. The summed E-state index contributed by atoms with van der Waals surface area (Å²) in [4.78, 5) is 23.6. The van der Waals surface area contributed by atoms with Crippen molar-refractivity contribution in [3.8, 4) is 0 Å². The van der Waals surface area contributed by atoms with Crippen LogP contribution < -0.4 is 0 Å². The lowest BCUT2D eigenvalue weighted by molar-refractivity contribution is -0.176. The van der Waals surface area contributed by atoms with Crippen LogP contribution in [0.15, 0.2) is 0 Å². The van der Waals surface area contributed by atoms with Crippen LogP contribution in [0.25, 0.3) is 0 Å². The molecule has 0 heterocycles. The Bertz CT molecular complexity index is 243. The molecule has 0 amide bonds. The Morgan fingerprint density at radius 3 is 2.07 bits per heavy atom. The largest absolute Gasteiger partial charge is 0.468 e. The highest BCUT2D eigenvalue weighted by molar-refractivity contribution is 6.00. The summed E-state index contributed by atoms with van der Waals surface area (Å²) >= 11 is 0. The fourth-order valence-corrected chi connectivity index (χ4v) is 2.40. The van der Waals surface area contributed by atoms with Crippen LogP contribution in [0.5, 0.6) is 0 Å². The molecular weight excluding hydrogens is 196 g/mol. The average Bonchev–Trinajstić information content (AvgIpc) is 2.28. The Morgan fingerprint density at radius 1 is 1.13 bits per heavy atom. The van der Waals surface area contributed by atoms with E-state index < -0.39 is 17.4 Å². The van der Waals surface area contributed by atoms with E-state index in [1.165, 1.54) is 14.2 Å². The molecule has 1 aliphatic rings. The lowest BCUT2D eigenvalue weighted by Crippen LogP contribution is -2.48. The number of rotatable bonds is 2. The number of esters is 2. The molecule has 0 bridgehead atoms. The summed E-state index contributed by atoms with van der Waals surface area (Å²) in [6.45, 7) is 1.91. The second-order valence-corrected chi connectivity index (χ2v) is 4.10. The Balaban J connectivity index is 3.03. The van der Waals surface area contributed by atoms with Gasteiger partial charge in [-0.25, -0.2) is 0 Å². The smallest absolute Gasteiger partial charge is 0.323 e. The summed E-state index contributed by atoms with van der Waals surface area (Å²) < 4.78 is 9.49. The molecule has 0 aromatic carbocycles. The van der Waals surface area contributed by atoms with Crippen molar-refractivity contribution in [1.82, 2.24) is 0 Å². The molecule has 0 N–H and O–H groups in total. The van der Waals surface area contributed by atoms with Crippen LogP contribution in [0.2, 0.25) is 0 Å². The molecular formula is C11H18O4. The lowest BCUT2D eigenvalue weighted by atomic mass is 9.67. The molecule has 1 atom stereocenters. The van der Waals surface area contributed by atoms with Crippen LogP contribution in [0.4, 0.5) is 0 Å². The maximum atomic E-state index is 11.8. The number of carbonyl (C=O) groups is 2. The van der Waals surface area contributed by atoms with Gasteiger partial charge < -0.3 is 9.47 Å². The lowest BCUT2D eigenvalue weighted by Gasteiger charge is -2.37. The predicted octanol–water partition coefficient (Wildman–Crippen LogP) is 1.53. The molecule has 1 fully saturated rings. The van der Waals surface area contributed by atoms with Gasteiger partial charge in [-0.05, 0) is 18.8 Å². The molecule has 0 saturated heterocycles. The standard InChI is InChI=1S/C11H18O4/c1-8-6-4-5-7-11(8,9(12)14-2)10(13)15-3/h8H,4-7H2,1-3H3. The van der Waals surface area contributed by atoms with E-state index in [1.807, 2.05) is 6.92 Å². The molecule has 15 heavy (non-hydrogen) atoms. The van der Waals surface area contributed by atoms with E-state index in [4.69, 9.17) is 9.47 Å². The van der Waals surface area contributed by atoms with Crippen LogP contribution in [-0.4, -0.2) is 26.2 Å². The molecule has 1 aliphatic carbocycles. The first kappa shape index (κ1) is 12.0. The van der Waals surface area contributed by atoms with Gasteiger partial charge in [0.25, 0.3) is 0 Å². The van der Waals surface area contributed by atoms with Crippen molar-refractivity contribution in [2.75, 3.05) is 14.2 Å². The van der Waals surface area contributed by atoms with E-state index in [0.29, 0.717) is 6.42 Å². The zero-order chi connectivity index (χ0) is 11.5. The van der Waals surface area contributed by atoms with E-state index in [-0.39, 0.29) is 5.92 Å². The Morgan fingerprint density at radius 2 is 1.67 bits per heavy atom. The van der Waals surface area contributed by atoms with Gasteiger partial charge in [0.1, 0.15) is 0 Å². The maximum absolute atomic E-state index is 11.8. The van der Waals surface area contributed by atoms with Crippen molar-refractivity contribution in [3.63, 3.8) is 0 Å². The van der Waals surface area contributed by atoms with Crippen molar-refractivity contribution < 1.29 is 19.1 Å². The predicted molar refractivity (Wildman–Crippen MR) is 54.1 cm³/mol. The highest BCUT2D eigenvalue weighted by Crippen LogP contribution is 2.43. The fraction of sp³-hybridized carbons (Fsp3) is 0.818. The van der Waals surface area contributed by atoms with Crippen molar-refractivity contribution in [3.05, 3.63) is 0 Å². The third-order valence-corrected chi connectivity index (χ3v) is 3.40. The van der Waals surface area contributed by atoms with E-state index in [9.17, 15) is 9.59 Å². The Labute approximate surface area is 89.9 Å². The normalized spacial score (nSPS) is 24.3. The van der Waals surface area contributed by atoms with Gasteiger partial charge in [-0.1, -0.05) is 19.8 Å². The first-order valence-corrected chi connectivity index (χ1v) is 5.26. The molecule has 0 aromatic rings. The van der Waals surface area contributed by atoms with Crippen LogP contribution in [0.1, 0.15) is 32.6 Å². The summed E-state index contributed by atoms with van der Waals surface area (Å²) in [6, 6.07) is 0. The molecule has 1 unspecified atom stereocenters. The minimum absolute atomic E-state index is 0.00819. The van der Waals surface area contributed by atoms with E-state index in [1.54, 1.807) is 0 Å². The first-order valence-electron chi connectivity index (χ1n) is 5.26. The second-order valence-electron chi connectivity index (χ2n) is 4.10. The molecule has 1 rings (SSSR count). The average molecular weight is 214 g/mol. The summed E-state index contributed by atoms with van der Waals surface area (Å²) in [5.41, 5.74) is -1.07. The van der Waals surface area contributed by atoms with E-state index >= 15 is 0 Å². The molecule has 4 nitrogen and oxygen atoms in total. The molecule has 86 valence electrons. The van der Waals surface area contributed by atoms with Crippen LogP contribution in [-0.2, 0) is 19.1 Å². The van der Waals surface area contributed by atoms with Crippen LogP contribution in [0.3, 0.4) is 0 Å². The quantitative estimate of drug-likeness (QED) is 0.516. The SMILES string of the molecule is COC(=O)C1(C(=O)OC)CCCCC1C. The van der Waals surface area contributed by atoms with Gasteiger partial charge in [0.05, 0.1) is 14.2 Å². The number of hydrogen-bond donors (Lipinski definition) is 0. The Kier molecular flexibility index (Phi) is 3.72. The third-order valence-electron chi connectivity index (χ3n) is 3.40. The fourth-order valence-electron chi connectivity index (χ4n) is 2.40. The Hall–Kier alpha value is -1.06. The van der Waals surface area contributed by atoms with Gasteiger partial charge in [0.2, 0.25) is 0 Å². The number of methoxy groups -OCH3 is 2. The van der Waals surface area contributed by atoms with Gasteiger partial charge in [-0.3, -0.25) is 9.59 Å². The maximum Gasteiger partial charge on any atom is 0.323 e. The summed E-state index contributed by atoms with van der Waals surface area (Å²) in [6.07, 6.45) is 3.32. The topological polar surface area (TPSA) is 52.6 Å². The van der Waals surface area contributed by atoms with Crippen molar-refractivity contribution in [1.29, 1.82) is 0 Å². The van der Waals surface area contributed by atoms with E-state index in [2.05, 4.69) is 0 Å². The monoisotopic (exact) mass is 214 g/mol. The number of hydrogen-bond acceptors (Lipinski definition) is 4. The molecule has 0 radical (unpaired) electrons. The number of carbonyl (C=O) groups excluding carboxylic acids is 2. The summed E-state index contributed by atoms with van der Waals surface area (Å²) in [5, 5.41) is 0. The summed E-state index contributed by atoms with van der Waals surface area (Å²) in [5.74, 6) is -0.922. The molecule has 0 spiro atoms. The van der Waals surface area contributed by atoms with Gasteiger partial charge >= 0.3 is 11.9 Å². The van der Waals surface area contributed by atoms with Crippen molar-refractivity contribution in [2.45, 2.75) is 32.6 Å². The van der Waals surface area contributed by atoms with Crippen molar-refractivity contribution in [2.24, 2.45) is 11.3 Å². The first-order chi connectivity index (χ1) is 7.09. The number of ether oxygens (including phenoxy) is 2.